The second kappa shape index (κ2) is 7.60. The summed E-state index contributed by atoms with van der Waals surface area (Å²) >= 11 is 0. The molecule has 0 bridgehead atoms. The van der Waals surface area contributed by atoms with Gasteiger partial charge in [0.2, 0.25) is 0 Å². The molecular weight excluding hydrogens is 348 g/mol. The van der Waals surface area contributed by atoms with E-state index in [1.54, 1.807) is 6.07 Å². The topological polar surface area (TPSA) is 85.7 Å². The number of nitrogens with zero attached hydrogens (tertiary/aromatic N) is 3. The summed E-state index contributed by atoms with van der Waals surface area (Å²) < 4.78 is 19.6. The van der Waals surface area contributed by atoms with E-state index < -0.39 is 0 Å². The van der Waals surface area contributed by atoms with Crippen LogP contribution < -0.4 is 5.84 Å². The molecular formula is C10H18N4O3P4. The normalized spacial score (nSPS) is 29.7. The van der Waals surface area contributed by atoms with Gasteiger partial charge in [-0.3, -0.25) is 9.35 Å². The van der Waals surface area contributed by atoms with Gasteiger partial charge in [0.05, 0.1) is 24.4 Å². The van der Waals surface area contributed by atoms with Gasteiger partial charge in [-0.1, -0.05) is 9.39 Å². The van der Waals surface area contributed by atoms with Crippen LogP contribution in [0.5, 0.6) is 0 Å². The van der Waals surface area contributed by atoms with Crippen molar-refractivity contribution in [3.8, 4) is 6.07 Å². The number of nitrogen functional groups attached to an aromatic ring is 1. The Balaban J connectivity index is 2.41. The van der Waals surface area contributed by atoms with E-state index in [0.29, 0.717) is 12.3 Å². The Morgan fingerprint density at radius 1 is 1.24 bits per heavy atom. The van der Waals surface area contributed by atoms with Crippen molar-refractivity contribution in [2.45, 2.75) is 24.3 Å². The van der Waals surface area contributed by atoms with Crippen molar-refractivity contribution >= 4 is 37.8 Å². The molecule has 0 radical (unpaired) electrons. The van der Waals surface area contributed by atoms with Gasteiger partial charge in [0.25, 0.3) is 0 Å². The SMILES string of the molecule is N#Cc1ccc([C@H]2[C@H](OP)[C@H](OP)[C@@H](COP)N2P)n1N. The highest BCUT2D eigenvalue weighted by Crippen LogP contribution is 2.44. The van der Waals surface area contributed by atoms with Gasteiger partial charge >= 0.3 is 0 Å². The minimum Gasteiger partial charge on any atom is -0.364 e. The first-order chi connectivity index (χ1) is 10.1. The molecule has 2 N–H and O–H groups in total. The first kappa shape index (κ1) is 17.5. The van der Waals surface area contributed by atoms with Crippen LogP contribution in [0.3, 0.4) is 0 Å². The lowest BCUT2D eigenvalue weighted by atomic mass is 10.1. The highest BCUT2D eigenvalue weighted by molar-refractivity contribution is 7.13. The Morgan fingerprint density at radius 3 is 2.38 bits per heavy atom. The maximum absolute atomic E-state index is 9.04. The Hall–Kier alpha value is 0.130. The summed E-state index contributed by atoms with van der Waals surface area (Å²) in [5.41, 5.74) is 1.16. The van der Waals surface area contributed by atoms with Crippen molar-refractivity contribution in [2.24, 2.45) is 0 Å². The molecule has 4 unspecified atom stereocenters. The third-order valence-electron chi connectivity index (χ3n) is 3.67. The highest BCUT2D eigenvalue weighted by atomic mass is 31.0. The van der Waals surface area contributed by atoms with E-state index in [9.17, 15) is 0 Å². The molecule has 116 valence electrons. The lowest BCUT2D eigenvalue weighted by molar-refractivity contribution is 0.0806. The average molecular weight is 366 g/mol. The van der Waals surface area contributed by atoms with Gasteiger partial charge in [-0.25, -0.2) is 0 Å². The molecule has 1 aromatic heterocycles. The van der Waals surface area contributed by atoms with Gasteiger partial charge in [0.15, 0.2) is 0 Å². The molecule has 1 aliphatic heterocycles. The largest absolute Gasteiger partial charge is 0.364 e. The van der Waals surface area contributed by atoms with Crippen molar-refractivity contribution in [3.05, 3.63) is 23.5 Å². The fourth-order valence-electron chi connectivity index (χ4n) is 2.66. The predicted molar refractivity (Wildman–Crippen MR) is 92.2 cm³/mol. The van der Waals surface area contributed by atoms with Crippen molar-refractivity contribution in [1.29, 1.82) is 5.26 Å². The summed E-state index contributed by atoms with van der Waals surface area (Å²) in [4.78, 5) is 0. The Kier molecular flexibility index (Phi) is 6.33. The Morgan fingerprint density at radius 2 is 1.90 bits per heavy atom. The van der Waals surface area contributed by atoms with Crippen LogP contribution >= 0.6 is 37.8 Å². The van der Waals surface area contributed by atoms with Crippen LogP contribution in [-0.4, -0.2) is 34.2 Å². The number of nitriles is 1. The van der Waals surface area contributed by atoms with Gasteiger partial charge in [0.1, 0.15) is 24.0 Å². The summed E-state index contributed by atoms with van der Waals surface area (Å²) in [6.07, 6.45) is -0.505. The van der Waals surface area contributed by atoms with Crippen molar-refractivity contribution < 1.29 is 13.6 Å². The molecule has 21 heavy (non-hydrogen) atoms. The van der Waals surface area contributed by atoms with Crippen LogP contribution in [0.1, 0.15) is 17.4 Å². The molecule has 0 aliphatic carbocycles. The molecule has 1 aliphatic rings. The summed E-state index contributed by atoms with van der Waals surface area (Å²) in [5, 5.41) is 9.04. The van der Waals surface area contributed by atoms with Gasteiger partial charge in [-0.2, -0.15) is 5.26 Å². The maximum Gasteiger partial charge on any atom is 0.139 e. The second-order valence-corrected chi connectivity index (χ2v) is 6.09. The zero-order valence-corrected chi connectivity index (χ0v) is 15.7. The highest BCUT2D eigenvalue weighted by Gasteiger charge is 2.50. The molecule has 8 atom stereocenters. The zero-order chi connectivity index (χ0) is 15.6. The molecule has 0 spiro atoms. The second-order valence-electron chi connectivity index (χ2n) is 4.62. The summed E-state index contributed by atoms with van der Waals surface area (Å²) in [5.74, 6) is 5.99. The first-order valence-electron chi connectivity index (χ1n) is 6.03. The monoisotopic (exact) mass is 366 g/mol. The maximum atomic E-state index is 9.04. The number of hydrogen-bond acceptors (Lipinski definition) is 6. The average Bonchev–Trinajstić information content (AvgIpc) is 2.97. The fourth-order valence-corrected chi connectivity index (χ4v) is 4.08. The van der Waals surface area contributed by atoms with Crippen LogP contribution in [0.2, 0.25) is 0 Å². The molecule has 1 aromatic rings. The van der Waals surface area contributed by atoms with Crippen LogP contribution in [0, 0.1) is 11.3 Å². The number of nitrogens with two attached hydrogens (primary N) is 1. The van der Waals surface area contributed by atoms with Crippen molar-refractivity contribution in [1.82, 2.24) is 9.35 Å². The van der Waals surface area contributed by atoms with E-state index in [4.69, 9.17) is 24.7 Å². The molecule has 0 amide bonds. The molecule has 1 fully saturated rings. The quantitative estimate of drug-likeness (QED) is 0.612. The van der Waals surface area contributed by atoms with E-state index in [1.165, 1.54) is 4.68 Å². The molecule has 1 saturated heterocycles. The van der Waals surface area contributed by atoms with Gasteiger partial charge in [-0.05, 0) is 12.1 Å². The van der Waals surface area contributed by atoms with Crippen LogP contribution in [0.15, 0.2) is 12.1 Å². The molecule has 2 rings (SSSR count). The molecule has 11 heteroatoms. The third kappa shape index (κ3) is 3.11. The van der Waals surface area contributed by atoms with Crippen LogP contribution in [-0.2, 0) is 13.6 Å². The Bertz CT molecular complexity index is 537. The van der Waals surface area contributed by atoms with E-state index in [0.717, 1.165) is 5.69 Å². The van der Waals surface area contributed by atoms with E-state index >= 15 is 0 Å². The minimum atomic E-state index is -0.279. The van der Waals surface area contributed by atoms with Crippen molar-refractivity contribution in [3.63, 3.8) is 0 Å². The third-order valence-corrected chi connectivity index (χ3v) is 5.19. The Labute approximate surface area is 132 Å². The van der Waals surface area contributed by atoms with Gasteiger partial charge in [0, 0.05) is 28.4 Å². The fraction of sp³-hybridized carbons (Fsp3) is 0.500. The van der Waals surface area contributed by atoms with Crippen molar-refractivity contribution in [2.75, 3.05) is 12.4 Å². The minimum absolute atomic E-state index is 0.0408. The lowest BCUT2D eigenvalue weighted by Crippen LogP contribution is -2.35. The molecule has 2 heterocycles. The van der Waals surface area contributed by atoms with Crippen LogP contribution in [0.4, 0.5) is 0 Å². The molecule has 7 nitrogen and oxygen atoms in total. The van der Waals surface area contributed by atoms with E-state index in [2.05, 4.69) is 43.9 Å². The first-order valence-corrected chi connectivity index (χ1v) is 7.96. The molecule has 0 aromatic carbocycles. The standard InChI is InChI=1S/C10H18N4O3P4/c11-3-5-1-2-6(13(5)12)8-10(17-21)9(16-20)7(4-15-19)14(8)18/h1-2,7-10H,4,12,18-21H2/t7-,8+,9-,10+/m1/s1. The van der Waals surface area contributed by atoms with Crippen LogP contribution in [0.25, 0.3) is 0 Å². The summed E-state index contributed by atoms with van der Waals surface area (Å²) in [7, 11) is 9.43. The number of hydrogen-bond donors (Lipinski definition) is 1. The van der Waals surface area contributed by atoms with E-state index in [1.807, 2.05) is 10.7 Å². The summed E-state index contributed by atoms with van der Waals surface area (Å²) in [6.45, 7) is 0.449. The zero-order valence-electron chi connectivity index (χ0n) is 11.1. The van der Waals surface area contributed by atoms with Gasteiger partial charge < -0.3 is 19.4 Å². The molecule has 0 saturated carbocycles. The predicted octanol–water partition coefficient (Wildman–Crippen LogP) is 0.746. The number of aromatic nitrogens is 1. The summed E-state index contributed by atoms with van der Waals surface area (Å²) in [6, 6.07) is 5.33. The number of rotatable bonds is 5. The lowest BCUT2D eigenvalue weighted by Gasteiger charge is -2.26. The van der Waals surface area contributed by atoms with E-state index in [-0.39, 0.29) is 24.3 Å². The van der Waals surface area contributed by atoms with Gasteiger partial charge in [-0.15, -0.1) is 0 Å². The smallest absolute Gasteiger partial charge is 0.139 e.